The summed E-state index contributed by atoms with van der Waals surface area (Å²) < 4.78 is 103. The number of benzene rings is 4. The van der Waals surface area contributed by atoms with Crippen LogP contribution in [-0.2, 0) is 110 Å². The predicted molar refractivity (Wildman–Crippen MR) is 449 cm³/mol. The van der Waals surface area contributed by atoms with Gasteiger partial charge in [-0.15, -0.1) is 0 Å². The summed E-state index contributed by atoms with van der Waals surface area (Å²) in [6.07, 6.45) is -8.94. The molecule has 4 aromatic carbocycles. The molecule has 672 valence electrons. The smallest absolute Gasteiger partial charge is 0.485 e. The number of aryl methyl sites for hydroxylation is 2. The van der Waals surface area contributed by atoms with Crippen LogP contribution in [0.3, 0.4) is 0 Å². The number of aliphatic hydroxyl groups excluding tert-OH is 2. The van der Waals surface area contributed by atoms with E-state index in [1.807, 2.05) is 76.0 Å². The SMILES string of the molecule is CN(C)c1ccc2cc3ccc(N(C)C)cc3[n+](CCCC(=O)NCCNC(=O)O[C@@H]3[C@H](O)[C@@H](COP(=O)(O)OP(=O)(O)OP([O-])(O)=S)O[C@H]3n3cnc4c(N)ncnc43)c2c1.CN(C)c1ccc2cc3ccc(N(C)C)cc3[n+](CCCC(=O)NCCNC(=O)O[C@H]3[C@@H](O)[C@H](n4cnc5c(N)ncnc54)O[C@@H]3COP(=O)(O)OP(=O)(O)OP([O-])(O)=S)c2c1. The normalized spacial score (nSPS) is 20.7. The standard InChI is InChI=1S/2C34H45N10O14P3S/c1-41(2)22-9-7-20-14-21-8-10-23(42(3)4)16-25(21)43(24(20)15-22)13-5-6-27(45)36-11-12-37-34(47)56-30-26(17-54-59(48,49)57-60(50,51)58-61(52,53)62)55-33(29(30)46)44-19-40-28-31(35)38-18-39-32(28)44;1-41(2)22-9-7-20-14-21-8-10-23(42(3)4)16-25(21)43(24(20)15-22)13-5-6-27(45)36-11-12-37-34(47)56-30-29(46)26(17-54-59(48,49)57-60(50,51)58-61(52,53)62)55-33(30)44-19-40-28-31(35)38-18-39-32(28)44/h2*7-10,14-16,18-19,26,29-30,33,46H,5-6,11-13,17H2,1-4H3,(H7-,35,36,37,38,39,45,47,48,49,50,51,52,53,62)/t2*26-,29-,30-,33-/m11/s1. The Hall–Kier alpha value is -8.90. The van der Waals surface area contributed by atoms with Gasteiger partial charge in [0.05, 0.1) is 25.9 Å². The summed E-state index contributed by atoms with van der Waals surface area (Å²) in [6, 6.07) is 29.3. The highest BCUT2D eigenvalue weighted by atomic mass is 32.5. The lowest BCUT2D eigenvalue weighted by atomic mass is 10.1. The molecule has 124 heavy (non-hydrogen) atoms. The van der Waals surface area contributed by atoms with Crippen molar-refractivity contribution in [1.29, 1.82) is 0 Å². The van der Waals surface area contributed by atoms with Crippen molar-refractivity contribution in [2.75, 3.05) is 127 Å². The molecule has 2 aliphatic heterocycles. The quantitative estimate of drug-likeness (QED) is 0.0115. The molecule has 56 heteroatoms. The number of phosphoric ester groups is 2. The van der Waals surface area contributed by atoms with Crippen LogP contribution >= 0.6 is 44.7 Å². The Balaban J connectivity index is 0.000000241. The van der Waals surface area contributed by atoms with Crippen molar-refractivity contribution in [2.24, 2.45) is 0 Å². The summed E-state index contributed by atoms with van der Waals surface area (Å²) in [5.74, 6) is -0.542. The molecule has 10 aromatic rings. The fraction of sp³-hybridized carbons (Fsp3) is 0.412. The number of phosphoric acid groups is 4. The molecule has 0 radical (unpaired) electrons. The first kappa shape index (κ1) is 95.7. The molecule has 12 rings (SSSR count). The van der Waals surface area contributed by atoms with E-state index in [0.717, 1.165) is 79.0 Å². The van der Waals surface area contributed by atoms with Crippen LogP contribution in [0.1, 0.15) is 38.1 Å². The number of imidazole rings is 2. The number of hydrogen-bond donors (Lipinski definition) is 14. The van der Waals surface area contributed by atoms with Gasteiger partial charge >= 0.3 is 43.5 Å². The number of anilines is 6. The molecule has 0 bridgehead atoms. The van der Waals surface area contributed by atoms with Crippen molar-refractivity contribution >= 4 is 193 Å². The highest BCUT2D eigenvalue weighted by Gasteiger charge is 2.52. The van der Waals surface area contributed by atoms with Gasteiger partial charge < -0.3 is 121 Å². The van der Waals surface area contributed by atoms with Gasteiger partial charge in [0, 0.05) is 177 Å². The number of nitrogens with one attached hydrogen (secondary N) is 4. The number of aromatic nitrogens is 10. The van der Waals surface area contributed by atoms with Crippen LogP contribution in [0.2, 0.25) is 0 Å². The number of ether oxygens (including phenoxy) is 4. The van der Waals surface area contributed by atoms with Crippen molar-refractivity contribution in [3.8, 4) is 0 Å². The third-order valence-electron chi connectivity index (χ3n) is 19.0. The molecule has 2 saturated heterocycles. The van der Waals surface area contributed by atoms with E-state index in [2.05, 4.69) is 186 Å². The summed E-state index contributed by atoms with van der Waals surface area (Å²) in [5, 5.41) is 37.2. The number of fused-ring (bicyclic) bond motifs is 6. The number of rotatable bonds is 36. The first-order valence-corrected chi connectivity index (χ1v) is 48.4. The predicted octanol–water partition coefficient (Wildman–Crippen LogP) is 1.82. The molecule has 8 heterocycles. The summed E-state index contributed by atoms with van der Waals surface area (Å²) in [5.41, 5.74) is 20.4. The second-order valence-corrected chi connectivity index (χ2v) is 40.2. The molecular weight excluding hydrogens is 1790 g/mol. The van der Waals surface area contributed by atoms with Gasteiger partial charge in [-0.05, 0) is 60.7 Å². The second-order valence-electron chi connectivity index (χ2n) is 28.6. The van der Waals surface area contributed by atoms with Gasteiger partial charge in [0.15, 0.2) is 47.6 Å². The van der Waals surface area contributed by atoms with Crippen LogP contribution in [0.15, 0.2) is 110 Å². The minimum Gasteiger partial charge on any atom is -0.779 e. The zero-order valence-electron chi connectivity index (χ0n) is 67.2. The number of hydrogen-bond acceptors (Lipinski definition) is 36. The monoisotopic (exact) mass is 1880 g/mol. The van der Waals surface area contributed by atoms with Gasteiger partial charge in [0.1, 0.15) is 74.6 Å². The highest BCUT2D eigenvalue weighted by molar-refractivity contribution is 8.07. The molecule has 4 amide bonds. The third kappa shape index (κ3) is 24.9. The van der Waals surface area contributed by atoms with Gasteiger partial charge in [0.25, 0.3) is 0 Å². The van der Waals surface area contributed by atoms with E-state index in [0.29, 0.717) is 25.9 Å². The highest BCUT2D eigenvalue weighted by Crippen LogP contribution is 2.67. The number of nitrogen functional groups attached to an aromatic ring is 2. The van der Waals surface area contributed by atoms with Crippen LogP contribution in [0, 0.1) is 0 Å². The molecule has 0 spiro atoms. The first-order valence-electron chi connectivity index (χ1n) is 37.2. The van der Waals surface area contributed by atoms with E-state index in [1.165, 1.54) is 21.8 Å². The van der Waals surface area contributed by atoms with E-state index in [1.54, 1.807) is 0 Å². The Morgan fingerprint density at radius 1 is 0.476 bits per heavy atom. The average molecular weight is 1890 g/mol. The number of pyridine rings is 2. The number of nitrogens with two attached hydrogens (primary N) is 2. The van der Waals surface area contributed by atoms with Crippen LogP contribution in [0.4, 0.5) is 44.0 Å². The molecule has 14 atom stereocenters. The largest absolute Gasteiger partial charge is 0.779 e. The number of alkyl carbamates (subject to hydrolysis) is 2. The van der Waals surface area contributed by atoms with Crippen LogP contribution in [0.5, 0.6) is 0 Å². The first-order chi connectivity index (χ1) is 58.2. The summed E-state index contributed by atoms with van der Waals surface area (Å²) in [6.45, 7) is -11.3. The average Bonchev–Trinajstić information content (AvgIpc) is 1.63. The van der Waals surface area contributed by atoms with Crippen molar-refractivity contribution in [3.05, 3.63) is 110 Å². The summed E-state index contributed by atoms with van der Waals surface area (Å²) in [4.78, 5) is 164. The van der Waals surface area contributed by atoms with Crippen molar-refractivity contribution in [3.63, 3.8) is 0 Å². The molecule has 6 aromatic heterocycles. The van der Waals surface area contributed by atoms with Gasteiger partial charge in [0.2, 0.25) is 33.9 Å². The number of amides is 4. The Kier molecular flexibility index (Phi) is 30.9. The topological polar surface area (TPSA) is 645 Å². The molecule has 48 nitrogen and oxygen atoms in total. The second kappa shape index (κ2) is 40.0. The summed E-state index contributed by atoms with van der Waals surface area (Å²) in [7, 11) is -6.76. The molecule has 0 saturated carbocycles. The maximum Gasteiger partial charge on any atom is 0.485 e. The van der Waals surface area contributed by atoms with Gasteiger partial charge in [-0.25, -0.2) is 66.4 Å². The molecule has 16 N–H and O–H groups in total. The number of aliphatic hydroxyl groups is 2. The van der Waals surface area contributed by atoms with E-state index in [4.69, 9.17) is 49.2 Å². The van der Waals surface area contributed by atoms with Gasteiger partial charge in [-0.3, -0.25) is 27.8 Å². The van der Waals surface area contributed by atoms with Crippen molar-refractivity contribution in [1.82, 2.24) is 60.3 Å². The van der Waals surface area contributed by atoms with Crippen LogP contribution in [-0.4, -0.2) is 235 Å². The molecule has 2 fully saturated rings. The van der Waals surface area contributed by atoms with Crippen LogP contribution < -0.4 is 71.3 Å². The number of carbonyl (C=O) groups is 4. The molecule has 0 aliphatic carbocycles. The number of carbonyl (C=O) groups excluding carboxylic acids is 4. The Labute approximate surface area is 715 Å². The van der Waals surface area contributed by atoms with Crippen molar-refractivity contribution in [2.45, 2.75) is 87.9 Å². The zero-order valence-corrected chi connectivity index (χ0v) is 74.2. The lowest BCUT2D eigenvalue weighted by Crippen LogP contribution is -2.42. The minimum absolute atomic E-state index is 0.00289. The lowest BCUT2D eigenvalue weighted by molar-refractivity contribution is -0.645. The van der Waals surface area contributed by atoms with Gasteiger partial charge in [-0.2, -0.15) is 17.8 Å². The minimum atomic E-state index is -5.72. The van der Waals surface area contributed by atoms with Crippen molar-refractivity contribution < 1.29 is 141 Å². The zero-order chi connectivity index (χ0) is 90.3. The van der Waals surface area contributed by atoms with Gasteiger partial charge in [-0.1, -0.05) is 23.6 Å². The Morgan fingerprint density at radius 2 is 0.823 bits per heavy atom. The summed E-state index contributed by atoms with van der Waals surface area (Å²) >= 11 is 7.95. The maximum atomic E-state index is 13.0. The fourth-order valence-electron chi connectivity index (χ4n) is 13.3. The molecule has 6 unspecified atom stereocenters. The Bertz CT molecular complexity index is 5810. The fourth-order valence-corrected chi connectivity index (χ4v) is 20.8. The Morgan fingerprint density at radius 3 is 1.19 bits per heavy atom. The van der Waals surface area contributed by atoms with Crippen LogP contribution in [0.25, 0.3) is 65.9 Å². The third-order valence-corrected chi connectivity index (χ3v) is 27.7. The van der Waals surface area contributed by atoms with E-state index in [-0.39, 0.29) is 84.8 Å². The molecular formula is C68H90N20O28P6S2. The van der Waals surface area contributed by atoms with E-state index in [9.17, 15) is 77.0 Å². The maximum absolute atomic E-state index is 13.0. The number of nitrogens with zero attached hydrogens (tertiary/aromatic N) is 14. The van der Waals surface area contributed by atoms with E-state index < -0.39 is 119 Å². The molecule has 2 aliphatic rings. The van der Waals surface area contributed by atoms with E-state index >= 15 is 0 Å². The lowest BCUT2D eigenvalue weighted by Gasteiger charge is -2.24.